The molecule has 62 valence electrons. The van der Waals surface area contributed by atoms with Crippen molar-refractivity contribution in [3.8, 4) is 0 Å². The van der Waals surface area contributed by atoms with E-state index in [4.69, 9.17) is 5.11 Å². The molecule has 2 N–H and O–H groups in total. The van der Waals surface area contributed by atoms with Crippen LogP contribution in [0.5, 0.6) is 0 Å². The summed E-state index contributed by atoms with van der Waals surface area (Å²) in [5.74, 6) is 0.548. The predicted octanol–water partition coefficient (Wildman–Crippen LogP) is 0.562. The number of hydrogen-bond donors (Lipinski definition) is 2. The van der Waals surface area contributed by atoms with E-state index in [-0.39, 0.29) is 0 Å². The highest BCUT2D eigenvalue weighted by molar-refractivity contribution is 4.58. The molecule has 0 spiro atoms. The van der Waals surface area contributed by atoms with Gasteiger partial charge in [0.15, 0.2) is 0 Å². The summed E-state index contributed by atoms with van der Waals surface area (Å²) in [5, 5.41) is 11.7. The van der Waals surface area contributed by atoms with Gasteiger partial charge in [-0.15, -0.1) is 0 Å². The number of aliphatic hydroxyl groups excluding tert-OH is 1. The van der Waals surface area contributed by atoms with Gasteiger partial charge >= 0.3 is 0 Å². The van der Waals surface area contributed by atoms with Gasteiger partial charge in [0.1, 0.15) is 6.67 Å². The van der Waals surface area contributed by atoms with Crippen molar-refractivity contribution in [3.63, 3.8) is 0 Å². The number of nitrogens with one attached hydrogen (secondary N) is 1. The monoisotopic (exact) mass is 149 g/mol. The summed E-state index contributed by atoms with van der Waals surface area (Å²) in [6.07, 6.45) is -0.834. The molecule has 0 saturated heterocycles. The third-order valence-electron chi connectivity index (χ3n) is 1.11. The van der Waals surface area contributed by atoms with Crippen molar-refractivity contribution in [1.82, 2.24) is 5.32 Å². The Morgan fingerprint density at radius 2 is 2.00 bits per heavy atom. The van der Waals surface area contributed by atoms with Crippen LogP contribution in [0.3, 0.4) is 0 Å². The van der Waals surface area contributed by atoms with Crippen molar-refractivity contribution >= 4 is 0 Å². The Balaban J connectivity index is 3.03. The molecule has 0 fully saturated rings. The van der Waals surface area contributed by atoms with E-state index in [2.05, 4.69) is 19.2 Å². The molecule has 0 rings (SSSR count). The van der Waals surface area contributed by atoms with Gasteiger partial charge in [0.25, 0.3) is 0 Å². The van der Waals surface area contributed by atoms with Crippen molar-refractivity contribution in [3.05, 3.63) is 0 Å². The first-order valence-electron chi connectivity index (χ1n) is 3.61. The second-order valence-corrected chi connectivity index (χ2v) is 2.86. The predicted molar refractivity (Wildman–Crippen MR) is 39.7 cm³/mol. The maximum atomic E-state index is 11.6. The van der Waals surface area contributed by atoms with Crippen molar-refractivity contribution < 1.29 is 9.50 Å². The molecule has 0 aliphatic carbocycles. The lowest BCUT2D eigenvalue weighted by Crippen LogP contribution is -2.30. The van der Waals surface area contributed by atoms with E-state index in [0.29, 0.717) is 12.5 Å². The van der Waals surface area contributed by atoms with Gasteiger partial charge in [0, 0.05) is 6.54 Å². The average Bonchev–Trinajstić information content (AvgIpc) is 1.87. The Bertz CT molecular complexity index is 78.0. The van der Waals surface area contributed by atoms with E-state index in [1.807, 2.05) is 0 Å². The number of rotatable bonds is 5. The Morgan fingerprint density at radius 3 is 2.40 bits per heavy atom. The molecule has 0 aliphatic rings. The molecule has 1 unspecified atom stereocenters. The van der Waals surface area contributed by atoms with Gasteiger partial charge in [-0.3, -0.25) is 0 Å². The molecule has 0 heterocycles. The van der Waals surface area contributed by atoms with E-state index in [1.165, 1.54) is 0 Å². The summed E-state index contributed by atoms with van der Waals surface area (Å²) >= 11 is 0. The fourth-order valence-electron chi connectivity index (χ4n) is 0.593. The molecule has 0 saturated carbocycles. The summed E-state index contributed by atoms with van der Waals surface area (Å²) in [7, 11) is 0. The van der Waals surface area contributed by atoms with Gasteiger partial charge in [-0.2, -0.15) is 0 Å². The van der Waals surface area contributed by atoms with Crippen LogP contribution < -0.4 is 5.32 Å². The van der Waals surface area contributed by atoms with Crippen molar-refractivity contribution in [1.29, 1.82) is 0 Å². The molecule has 0 aliphatic heterocycles. The van der Waals surface area contributed by atoms with Crippen molar-refractivity contribution in [2.45, 2.75) is 20.0 Å². The lowest BCUT2D eigenvalue weighted by atomic mass is 10.2. The lowest BCUT2D eigenvalue weighted by Gasteiger charge is -2.09. The second-order valence-electron chi connectivity index (χ2n) is 2.86. The van der Waals surface area contributed by atoms with Crippen LogP contribution in [-0.4, -0.2) is 31.0 Å². The molecule has 10 heavy (non-hydrogen) atoms. The van der Waals surface area contributed by atoms with E-state index in [0.717, 1.165) is 6.54 Å². The van der Waals surface area contributed by atoms with E-state index < -0.39 is 12.8 Å². The fourth-order valence-corrected chi connectivity index (χ4v) is 0.593. The average molecular weight is 149 g/mol. The van der Waals surface area contributed by atoms with Crippen LogP contribution in [0, 0.1) is 5.92 Å². The number of aliphatic hydroxyl groups is 1. The first-order valence-corrected chi connectivity index (χ1v) is 3.61. The van der Waals surface area contributed by atoms with Gasteiger partial charge < -0.3 is 10.4 Å². The smallest absolute Gasteiger partial charge is 0.117 e. The third kappa shape index (κ3) is 5.98. The highest BCUT2D eigenvalue weighted by Gasteiger charge is 2.01. The molecule has 0 aromatic carbocycles. The number of hydrogen-bond acceptors (Lipinski definition) is 2. The van der Waals surface area contributed by atoms with Gasteiger partial charge in [-0.1, -0.05) is 13.8 Å². The Kier molecular flexibility index (Phi) is 5.54. The Labute approximate surface area is 61.4 Å². The molecule has 0 aromatic rings. The maximum Gasteiger partial charge on any atom is 0.117 e. The molecule has 0 radical (unpaired) electrons. The van der Waals surface area contributed by atoms with E-state index in [9.17, 15) is 4.39 Å². The van der Waals surface area contributed by atoms with Crippen molar-refractivity contribution in [2.75, 3.05) is 19.8 Å². The summed E-state index contributed by atoms with van der Waals surface area (Å²) < 4.78 is 11.6. The molecule has 2 nitrogen and oxygen atoms in total. The topological polar surface area (TPSA) is 32.3 Å². The molecule has 1 atom stereocenters. The largest absolute Gasteiger partial charge is 0.389 e. The zero-order valence-electron chi connectivity index (χ0n) is 6.60. The molecular formula is C7H16FNO. The summed E-state index contributed by atoms with van der Waals surface area (Å²) in [6, 6.07) is 0. The first kappa shape index (κ1) is 9.85. The Morgan fingerprint density at radius 1 is 1.40 bits per heavy atom. The summed E-state index contributed by atoms with van der Waals surface area (Å²) in [6.45, 7) is 4.65. The second kappa shape index (κ2) is 5.62. The SMILES string of the molecule is CC(C)CNCC(O)CF. The Hall–Kier alpha value is -0.150. The third-order valence-corrected chi connectivity index (χ3v) is 1.11. The van der Waals surface area contributed by atoms with Crippen LogP contribution >= 0.6 is 0 Å². The quantitative estimate of drug-likeness (QED) is 0.598. The zero-order chi connectivity index (χ0) is 7.98. The van der Waals surface area contributed by atoms with Gasteiger partial charge in [-0.25, -0.2) is 4.39 Å². The summed E-state index contributed by atoms with van der Waals surface area (Å²) in [4.78, 5) is 0. The molecule has 0 aromatic heterocycles. The minimum absolute atomic E-state index is 0.356. The standard InChI is InChI=1S/C7H16FNO/c1-6(2)4-9-5-7(10)3-8/h6-7,9-10H,3-5H2,1-2H3. The molecule has 0 bridgehead atoms. The van der Waals surface area contributed by atoms with Crippen LogP contribution in [0.25, 0.3) is 0 Å². The van der Waals surface area contributed by atoms with Crippen LogP contribution in [-0.2, 0) is 0 Å². The fraction of sp³-hybridized carbons (Fsp3) is 1.00. The number of alkyl halides is 1. The van der Waals surface area contributed by atoms with Crippen LogP contribution in [0.4, 0.5) is 4.39 Å². The first-order chi connectivity index (χ1) is 4.66. The van der Waals surface area contributed by atoms with Gasteiger partial charge in [-0.05, 0) is 12.5 Å². The van der Waals surface area contributed by atoms with Gasteiger partial charge in [0.2, 0.25) is 0 Å². The van der Waals surface area contributed by atoms with E-state index in [1.54, 1.807) is 0 Å². The lowest BCUT2D eigenvalue weighted by molar-refractivity contribution is 0.137. The van der Waals surface area contributed by atoms with Crippen molar-refractivity contribution in [2.24, 2.45) is 5.92 Å². The highest BCUT2D eigenvalue weighted by Crippen LogP contribution is 1.87. The summed E-state index contributed by atoms with van der Waals surface area (Å²) in [5.41, 5.74) is 0. The number of halogens is 1. The van der Waals surface area contributed by atoms with E-state index >= 15 is 0 Å². The van der Waals surface area contributed by atoms with Gasteiger partial charge in [0.05, 0.1) is 6.10 Å². The van der Waals surface area contributed by atoms with Crippen LogP contribution in [0.2, 0.25) is 0 Å². The minimum Gasteiger partial charge on any atom is -0.389 e. The maximum absolute atomic E-state index is 11.6. The van der Waals surface area contributed by atoms with Crippen LogP contribution in [0.15, 0.2) is 0 Å². The van der Waals surface area contributed by atoms with Crippen LogP contribution in [0.1, 0.15) is 13.8 Å². The highest BCUT2D eigenvalue weighted by atomic mass is 19.1. The molecule has 0 amide bonds. The molecular weight excluding hydrogens is 133 g/mol. The zero-order valence-corrected chi connectivity index (χ0v) is 6.60. The minimum atomic E-state index is -0.834. The molecule has 3 heteroatoms. The normalized spacial score (nSPS) is 14.1.